The number of unbranched alkanes of at least 4 members (excludes halogenated alkanes) is 3. The molecular formula is C29H27F4NO. The third-order valence-corrected chi connectivity index (χ3v) is 6.04. The van der Waals surface area contributed by atoms with E-state index in [1.165, 1.54) is 25.0 Å². The third kappa shape index (κ3) is 5.81. The van der Waals surface area contributed by atoms with E-state index in [4.69, 9.17) is 4.74 Å². The van der Waals surface area contributed by atoms with Crippen LogP contribution in [0.25, 0.3) is 33.3 Å². The highest BCUT2D eigenvalue weighted by atomic mass is 19.4. The Morgan fingerprint density at radius 2 is 1.57 bits per heavy atom. The van der Waals surface area contributed by atoms with Crippen LogP contribution in [0.4, 0.5) is 17.6 Å². The van der Waals surface area contributed by atoms with Crippen molar-refractivity contribution >= 4 is 10.9 Å². The van der Waals surface area contributed by atoms with Crippen LogP contribution in [0.3, 0.4) is 0 Å². The number of rotatable bonds is 8. The van der Waals surface area contributed by atoms with Crippen LogP contribution in [0.15, 0.2) is 66.7 Å². The summed E-state index contributed by atoms with van der Waals surface area (Å²) >= 11 is 0. The van der Waals surface area contributed by atoms with Gasteiger partial charge < -0.3 is 4.74 Å². The minimum Gasteiger partial charge on any atom is -0.494 e. The molecule has 0 bridgehead atoms. The van der Waals surface area contributed by atoms with Crippen LogP contribution in [0.2, 0.25) is 0 Å². The normalized spacial score (nSPS) is 11.7. The molecule has 3 aromatic carbocycles. The van der Waals surface area contributed by atoms with Gasteiger partial charge in [0.15, 0.2) is 0 Å². The number of halogens is 4. The number of hydrogen-bond acceptors (Lipinski definition) is 2. The molecule has 0 saturated heterocycles. The van der Waals surface area contributed by atoms with Gasteiger partial charge in [-0.3, -0.25) is 0 Å². The Bertz CT molecular complexity index is 1310. The lowest BCUT2D eigenvalue weighted by molar-refractivity contribution is -0.137. The first kappa shape index (κ1) is 24.7. The number of fused-ring (bicyclic) bond motifs is 1. The first-order valence-corrected chi connectivity index (χ1v) is 11.8. The Hall–Kier alpha value is -3.41. The predicted octanol–water partition coefficient (Wildman–Crippen LogP) is 8.99. The average Bonchev–Trinajstić information content (AvgIpc) is 2.83. The van der Waals surface area contributed by atoms with Gasteiger partial charge in [-0.15, -0.1) is 0 Å². The lowest BCUT2D eigenvalue weighted by atomic mass is 9.99. The van der Waals surface area contributed by atoms with Gasteiger partial charge in [0, 0.05) is 16.5 Å². The van der Waals surface area contributed by atoms with Gasteiger partial charge in [0.05, 0.1) is 23.4 Å². The van der Waals surface area contributed by atoms with Gasteiger partial charge in [-0.2, -0.15) is 13.2 Å². The summed E-state index contributed by atoms with van der Waals surface area (Å²) in [6, 6.07) is 17.4. The second-order valence-corrected chi connectivity index (χ2v) is 8.68. The van der Waals surface area contributed by atoms with Crippen LogP contribution in [-0.4, -0.2) is 11.6 Å². The topological polar surface area (TPSA) is 22.1 Å². The quantitative estimate of drug-likeness (QED) is 0.185. The summed E-state index contributed by atoms with van der Waals surface area (Å²) in [7, 11) is 0. The molecule has 0 aliphatic rings. The van der Waals surface area contributed by atoms with Gasteiger partial charge in [0.1, 0.15) is 11.6 Å². The van der Waals surface area contributed by atoms with Crippen molar-refractivity contribution in [2.75, 3.05) is 6.61 Å². The molecule has 182 valence electrons. The van der Waals surface area contributed by atoms with Crippen molar-refractivity contribution in [3.8, 4) is 28.1 Å². The Morgan fingerprint density at radius 3 is 2.26 bits per heavy atom. The van der Waals surface area contributed by atoms with Crippen LogP contribution in [0.5, 0.6) is 5.75 Å². The lowest BCUT2D eigenvalue weighted by Crippen LogP contribution is -2.04. The second-order valence-electron chi connectivity index (χ2n) is 8.68. The summed E-state index contributed by atoms with van der Waals surface area (Å²) < 4.78 is 60.0. The second kappa shape index (κ2) is 10.5. The molecule has 0 fully saturated rings. The van der Waals surface area contributed by atoms with E-state index in [9.17, 15) is 13.2 Å². The first-order chi connectivity index (χ1) is 16.8. The predicted molar refractivity (Wildman–Crippen MR) is 132 cm³/mol. The number of hydrogen-bond donors (Lipinski definition) is 0. The molecule has 1 heterocycles. The maximum Gasteiger partial charge on any atom is 0.416 e. The van der Waals surface area contributed by atoms with E-state index in [1.54, 1.807) is 25.1 Å². The standard InChI is InChI=1S/C29H27F4NO/c1-3-4-5-6-15-35-23-11-7-20(8-12-23)24-13-9-21(17-26(24)30)28-16-19(2)25-18-22(29(31,32)33)10-14-27(25)34-28/h7-14,16-18H,3-6,15H2,1-2H3. The van der Waals surface area contributed by atoms with Crippen LogP contribution in [-0.2, 0) is 6.18 Å². The molecule has 0 N–H and O–H groups in total. The van der Waals surface area contributed by atoms with E-state index in [0.29, 0.717) is 39.9 Å². The Labute approximate surface area is 202 Å². The van der Waals surface area contributed by atoms with Crippen molar-refractivity contribution < 1.29 is 22.3 Å². The van der Waals surface area contributed by atoms with Crippen molar-refractivity contribution in [2.24, 2.45) is 0 Å². The van der Waals surface area contributed by atoms with E-state index in [1.807, 2.05) is 24.3 Å². The average molecular weight is 482 g/mol. The molecule has 0 aliphatic heterocycles. The van der Waals surface area contributed by atoms with Gasteiger partial charge in [0.2, 0.25) is 0 Å². The highest BCUT2D eigenvalue weighted by Gasteiger charge is 2.30. The zero-order valence-corrected chi connectivity index (χ0v) is 19.8. The lowest BCUT2D eigenvalue weighted by Gasteiger charge is -2.12. The fourth-order valence-electron chi connectivity index (χ4n) is 4.08. The molecule has 0 amide bonds. The van der Waals surface area contributed by atoms with Crippen LogP contribution < -0.4 is 4.74 Å². The van der Waals surface area contributed by atoms with Crippen LogP contribution >= 0.6 is 0 Å². The number of ether oxygens (including phenoxy) is 1. The van der Waals surface area contributed by atoms with Crippen molar-refractivity contribution in [3.63, 3.8) is 0 Å². The van der Waals surface area contributed by atoms with Crippen molar-refractivity contribution in [1.82, 2.24) is 4.98 Å². The Kier molecular flexibility index (Phi) is 7.39. The fraction of sp³-hybridized carbons (Fsp3) is 0.276. The minimum atomic E-state index is -4.42. The third-order valence-electron chi connectivity index (χ3n) is 6.04. The molecule has 0 spiro atoms. The summed E-state index contributed by atoms with van der Waals surface area (Å²) in [4.78, 5) is 4.48. The summed E-state index contributed by atoms with van der Waals surface area (Å²) in [6.07, 6.45) is 0.115. The number of aromatic nitrogens is 1. The fourth-order valence-corrected chi connectivity index (χ4v) is 4.08. The highest BCUT2D eigenvalue weighted by molar-refractivity contribution is 5.86. The molecule has 1 aromatic heterocycles. The molecule has 0 saturated carbocycles. The molecule has 4 aromatic rings. The van der Waals surface area contributed by atoms with Crippen LogP contribution in [0.1, 0.15) is 43.7 Å². The highest BCUT2D eigenvalue weighted by Crippen LogP contribution is 2.34. The molecule has 0 aliphatic carbocycles. The number of nitrogens with zero attached hydrogens (tertiary/aromatic N) is 1. The summed E-state index contributed by atoms with van der Waals surface area (Å²) in [5.74, 6) is 0.356. The number of pyridine rings is 1. The molecule has 2 nitrogen and oxygen atoms in total. The van der Waals surface area contributed by atoms with Gasteiger partial charge in [-0.25, -0.2) is 9.37 Å². The first-order valence-electron chi connectivity index (χ1n) is 11.8. The van der Waals surface area contributed by atoms with Crippen molar-refractivity contribution in [1.29, 1.82) is 0 Å². The van der Waals surface area contributed by atoms with E-state index in [-0.39, 0.29) is 0 Å². The summed E-state index contributed by atoms with van der Waals surface area (Å²) in [5.41, 5.74) is 2.61. The summed E-state index contributed by atoms with van der Waals surface area (Å²) in [6.45, 7) is 4.56. The molecular weight excluding hydrogens is 454 g/mol. The molecule has 0 atom stereocenters. The van der Waals surface area contributed by atoms with E-state index in [2.05, 4.69) is 11.9 Å². The molecule has 6 heteroatoms. The van der Waals surface area contributed by atoms with Gasteiger partial charge in [0.25, 0.3) is 0 Å². The zero-order valence-electron chi connectivity index (χ0n) is 19.8. The van der Waals surface area contributed by atoms with Crippen LogP contribution in [0, 0.1) is 12.7 Å². The number of aryl methyl sites for hydroxylation is 1. The number of alkyl halides is 3. The maximum atomic E-state index is 15.1. The Balaban J connectivity index is 1.54. The smallest absolute Gasteiger partial charge is 0.416 e. The zero-order chi connectivity index (χ0) is 25.0. The molecule has 0 unspecified atom stereocenters. The maximum absolute atomic E-state index is 15.1. The summed E-state index contributed by atoms with van der Waals surface area (Å²) in [5, 5.41) is 0.424. The number of benzene rings is 3. The van der Waals surface area contributed by atoms with Crippen molar-refractivity contribution in [3.05, 3.63) is 83.7 Å². The van der Waals surface area contributed by atoms with Crippen molar-refractivity contribution in [2.45, 2.75) is 45.7 Å². The minimum absolute atomic E-state index is 0.400. The monoisotopic (exact) mass is 481 g/mol. The van der Waals surface area contributed by atoms with Gasteiger partial charge in [-0.1, -0.05) is 50.5 Å². The SMILES string of the molecule is CCCCCCOc1ccc(-c2ccc(-c3cc(C)c4cc(C(F)(F)F)ccc4n3)cc2F)cc1. The molecule has 4 rings (SSSR count). The van der Waals surface area contributed by atoms with E-state index >= 15 is 4.39 Å². The van der Waals surface area contributed by atoms with E-state index < -0.39 is 17.6 Å². The van der Waals surface area contributed by atoms with Gasteiger partial charge >= 0.3 is 6.18 Å². The van der Waals surface area contributed by atoms with E-state index in [0.717, 1.165) is 36.3 Å². The molecule has 0 radical (unpaired) electrons. The van der Waals surface area contributed by atoms with Gasteiger partial charge in [-0.05, 0) is 66.9 Å². The largest absolute Gasteiger partial charge is 0.494 e. The Morgan fingerprint density at radius 1 is 0.829 bits per heavy atom. The molecule has 35 heavy (non-hydrogen) atoms.